The van der Waals surface area contributed by atoms with E-state index in [0.29, 0.717) is 12.6 Å². The fourth-order valence-corrected chi connectivity index (χ4v) is 3.19. The zero-order valence-electron chi connectivity index (χ0n) is 12.8. The number of fused-ring (bicyclic) bond motifs is 1. The first kappa shape index (κ1) is 14.1. The van der Waals surface area contributed by atoms with Crippen molar-refractivity contribution in [3.8, 4) is 0 Å². The number of nitrogens with one attached hydrogen (secondary N) is 1. The lowest BCUT2D eigenvalue weighted by Crippen LogP contribution is -2.32. The molecule has 3 aromatic rings. The van der Waals surface area contributed by atoms with E-state index in [4.69, 9.17) is 4.42 Å². The van der Waals surface area contributed by atoms with E-state index in [1.807, 2.05) is 36.4 Å². The van der Waals surface area contributed by atoms with Crippen molar-refractivity contribution in [3.05, 3.63) is 55.1 Å². The normalized spacial score (nSPS) is 18.5. The van der Waals surface area contributed by atoms with Crippen LogP contribution in [0.25, 0.3) is 11.0 Å². The van der Waals surface area contributed by atoms with Crippen LogP contribution in [-0.2, 0) is 0 Å². The number of aromatic nitrogens is 1. The van der Waals surface area contributed by atoms with Crippen molar-refractivity contribution >= 4 is 22.6 Å². The second-order valence-corrected chi connectivity index (χ2v) is 5.99. The summed E-state index contributed by atoms with van der Waals surface area (Å²) >= 11 is 0. The van der Waals surface area contributed by atoms with Gasteiger partial charge in [0.1, 0.15) is 0 Å². The van der Waals surface area contributed by atoms with Crippen LogP contribution < -0.4 is 5.32 Å². The lowest BCUT2D eigenvalue weighted by molar-refractivity contribution is 0.0863. The van der Waals surface area contributed by atoms with Crippen LogP contribution in [0.5, 0.6) is 0 Å². The number of furan rings is 1. The van der Waals surface area contributed by atoms with Gasteiger partial charge in [0.2, 0.25) is 5.91 Å². The molecule has 0 saturated carbocycles. The Morgan fingerprint density at radius 3 is 2.96 bits per heavy atom. The second kappa shape index (κ2) is 5.93. The lowest BCUT2D eigenvalue weighted by atomic mass is 10.2. The first-order chi connectivity index (χ1) is 11.3. The number of carbonyl (C=O) groups excluding carboxylic acids is 1. The third-order valence-corrected chi connectivity index (χ3v) is 4.36. The van der Waals surface area contributed by atoms with Gasteiger partial charge < -0.3 is 9.73 Å². The number of rotatable bonds is 4. The molecule has 1 aromatic carbocycles. The molecule has 5 heteroatoms. The summed E-state index contributed by atoms with van der Waals surface area (Å²) in [6.45, 7) is 2.25. The number of carbonyl (C=O) groups is 1. The average Bonchev–Trinajstić information content (AvgIpc) is 3.29. The molecule has 1 saturated heterocycles. The van der Waals surface area contributed by atoms with Crippen LogP contribution in [0.15, 0.2) is 59.5 Å². The van der Waals surface area contributed by atoms with E-state index in [9.17, 15) is 4.79 Å². The van der Waals surface area contributed by atoms with Crippen molar-refractivity contribution in [1.82, 2.24) is 9.47 Å². The van der Waals surface area contributed by atoms with Crippen LogP contribution in [-0.4, -0.2) is 41.1 Å². The van der Waals surface area contributed by atoms with Crippen LogP contribution in [0.4, 0.5) is 5.69 Å². The van der Waals surface area contributed by atoms with Crippen molar-refractivity contribution in [3.63, 3.8) is 0 Å². The summed E-state index contributed by atoms with van der Waals surface area (Å²) in [7, 11) is 0. The smallest absolute Gasteiger partial charge is 0.244 e. The van der Waals surface area contributed by atoms with E-state index >= 15 is 0 Å². The summed E-state index contributed by atoms with van der Waals surface area (Å²) in [4.78, 5) is 14.3. The molecule has 23 heavy (non-hydrogen) atoms. The molecule has 5 nitrogen and oxygen atoms in total. The van der Waals surface area contributed by atoms with Crippen molar-refractivity contribution in [1.29, 1.82) is 0 Å². The van der Waals surface area contributed by atoms with E-state index in [1.54, 1.807) is 23.2 Å². The molecule has 4 rings (SSSR count). The second-order valence-electron chi connectivity index (χ2n) is 5.99. The van der Waals surface area contributed by atoms with E-state index in [0.717, 1.165) is 36.2 Å². The molecule has 0 bridgehead atoms. The summed E-state index contributed by atoms with van der Waals surface area (Å²) in [5.41, 5.74) is 1.92. The molecule has 0 amide bonds. The fraction of sp³-hybridized carbons (Fsp3) is 0.278. The first-order valence-corrected chi connectivity index (χ1v) is 7.91. The Labute approximate surface area is 134 Å². The number of para-hydroxylation sites is 1. The summed E-state index contributed by atoms with van der Waals surface area (Å²) in [5.74, 6) is 0.115. The summed E-state index contributed by atoms with van der Waals surface area (Å²) in [6.07, 6.45) is 6.33. The first-order valence-electron chi connectivity index (χ1n) is 7.91. The quantitative estimate of drug-likeness (QED) is 0.805. The Morgan fingerprint density at radius 1 is 1.22 bits per heavy atom. The van der Waals surface area contributed by atoms with Gasteiger partial charge in [-0.1, -0.05) is 12.1 Å². The molecule has 1 aliphatic heterocycles. The van der Waals surface area contributed by atoms with Crippen LogP contribution >= 0.6 is 0 Å². The number of benzene rings is 1. The van der Waals surface area contributed by atoms with Gasteiger partial charge in [-0.15, -0.1) is 0 Å². The standard InChI is InChI=1S/C18H19N3O2/c22-17(21-8-1-2-9-21)13-20-10-6-15(12-20)19-16-5-3-4-14-7-11-23-18(14)16/h1-5,7-9,11,15,19H,6,10,12-13H2/t15-/m0/s1. The maximum absolute atomic E-state index is 12.2. The molecule has 0 spiro atoms. The van der Waals surface area contributed by atoms with Crippen LogP contribution in [0.3, 0.4) is 0 Å². The summed E-state index contributed by atoms with van der Waals surface area (Å²) in [5, 5.41) is 4.66. The number of nitrogens with zero attached hydrogens (tertiary/aromatic N) is 2. The molecule has 1 aliphatic rings. The van der Waals surface area contributed by atoms with Crippen molar-refractivity contribution < 1.29 is 9.21 Å². The highest BCUT2D eigenvalue weighted by molar-refractivity contribution is 5.89. The van der Waals surface area contributed by atoms with E-state index in [1.165, 1.54) is 0 Å². The molecule has 0 aliphatic carbocycles. The van der Waals surface area contributed by atoms with Gasteiger partial charge in [-0.05, 0) is 30.7 Å². The molecule has 2 aromatic heterocycles. The van der Waals surface area contributed by atoms with Gasteiger partial charge in [0.25, 0.3) is 0 Å². The van der Waals surface area contributed by atoms with Crippen LogP contribution in [0.2, 0.25) is 0 Å². The Hall–Kier alpha value is -2.53. The molecular formula is C18H19N3O2. The average molecular weight is 309 g/mol. The maximum atomic E-state index is 12.2. The highest BCUT2D eigenvalue weighted by Crippen LogP contribution is 2.26. The zero-order valence-corrected chi connectivity index (χ0v) is 12.8. The van der Waals surface area contributed by atoms with Gasteiger partial charge in [0.05, 0.1) is 18.5 Å². The molecule has 1 atom stereocenters. The highest BCUT2D eigenvalue weighted by atomic mass is 16.3. The van der Waals surface area contributed by atoms with Gasteiger partial charge in [0, 0.05) is 36.9 Å². The monoisotopic (exact) mass is 309 g/mol. The molecule has 118 valence electrons. The minimum Gasteiger partial charge on any atom is -0.462 e. The predicted molar refractivity (Wildman–Crippen MR) is 89.7 cm³/mol. The Balaban J connectivity index is 1.39. The summed E-state index contributed by atoms with van der Waals surface area (Å²) < 4.78 is 7.21. The zero-order chi connectivity index (χ0) is 15.6. The van der Waals surface area contributed by atoms with Crippen molar-refractivity contribution in [2.24, 2.45) is 0 Å². The van der Waals surface area contributed by atoms with E-state index in [2.05, 4.69) is 10.2 Å². The number of hydrogen-bond acceptors (Lipinski definition) is 4. The van der Waals surface area contributed by atoms with Gasteiger partial charge in [-0.2, -0.15) is 0 Å². The molecular weight excluding hydrogens is 290 g/mol. The largest absolute Gasteiger partial charge is 0.462 e. The third kappa shape index (κ3) is 2.87. The van der Waals surface area contributed by atoms with E-state index < -0.39 is 0 Å². The molecule has 1 fully saturated rings. The van der Waals surface area contributed by atoms with Crippen LogP contribution in [0.1, 0.15) is 11.2 Å². The third-order valence-electron chi connectivity index (χ3n) is 4.36. The SMILES string of the molecule is O=C(CN1CC[C@H](Nc2cccc3ccoc23)C1)n1cccc1. The Kier molecular flexibility index (Phi) is 3.63. The minimum absolute atomic E-state index is 0.115. The lowest BCUT2D eigenvalue weighted by Gasteiger charge is -2.17. The van der Waals surface area contributed by atoms with Gasteiger partial charge in [-0.25, -0.2) is 0 Å². The Morgan fingerprint density at radius 2 is 2.09 bits per heavy atom. The van der Waals surface area contributed by atoms with Crippen LogP contribution in [0, 0.1) is 0 Å². The maximum Gasteiger partial charge on any atom is 0.244 e. The highest BCUT2D eigenvalue weighted by Gasteiger charge is 2.24. The van der Waals surface area contributed by atoms with E-state index in [-0.39, 0.29) is 5.91 Å². The Bertz CT molecular complexity index is 807. The van der Waals surface area contributed by atoms with Gasteiger partial charge in [-0.3, -0.25) is 14.3 Å². The molecule has 1 N–H and O–H groups in total. The van der Waals surface area contributed by atoms with Crippen molar-refractivity contribution in [2.45, 2.75) is 12.5 Å². The number of likely N-dealkylation sites (tertiary alicyclic amines) is 1. The van der Waals surface area contributed by atoms with Gasteiger partial charge >= 0.3 is 0 Å². The molecule has 3 heterocycles. The van der Waals surface area contributed by atoms with Crippen molar-refractivity contribution in [2.75, 3.05) is 25.0 Å². The predicted octanol–water partition coefficient (Wildman–Crippen LogP) is 3.06. The summed E-state index contributed by atoms with van der Waals surface area (Å²) in [6, 6.07) is 12.2. The molecule has 0 radical (unpaired) electrons. The van der Waals surface area contributed by atoms with Gasteiger partial charge in [0.15, 0.2) is 5.58 Å². The topological polar surface area (TPSA) is 50.4 Å². The minimum atomic E-state index is 0.115. The number of anilines is 1. The number of hydrogen-bond donors (Lipinski definition) is 1. The fourth-order valence-electron chi connectivity index (χ4n) is 3.19. The molecule has 0 unspecified atom stereocenters.